The number of thiophene rings is 1. The standard InChI is InChI=1S/C10H11N3O6S2.Na/c1-19-12-8(7-3-2-4-20-7)9(14)11-6-5-13(10(6)15)21(16,17)18;/h2-4,6H,5H2,1H3,(H,11,14)(H,16,17,18);/q;+1/p-1. The molecule has 1 fully saturated rings. The summed E-state index contributed by atoms with van der Waals surface area (Å²) in [4.78, 5) is 28.6. The predicted octanol–water partition coefficient (Wildman–Crippen LogP) is -4.11. The zero-order valence-electron chi connectivity index (χ0n) is 11.7. The van der Waals surface area contributed by atoms with Crippen molar-refractivity contribution >= 4 is 39.2 Å². The number of amides is 2. The number of rotatable bonds is 5. The van der Waals surface area contributed by atoms with Gasteiger partial charge in [0.2, 0.25) is 0 Å². The van der Waals surface area contributed by atoms with E-state index in [1.165, 1.54) is 18.4 Å². The van der Waals surface area contributed by atoms with E-state index in [2.05, 4.69) is 15.3 Å². The molecule has 2 rings (SSSR count). The minimum Gasteiger partial charge on any atom is -0.731 e. The summed E-state index contributed by atoms with van der Waals surface area (Å²) in [7, 11) is -3.56. The summed E-state index contributed by atoms with van der Waals surface area (Å²) >= 11 is 1.24. The van der Waals surface area contributed by atoms with E-state index < -0.39 is 28.2 Å². The van der Waals surface area contributed by atoms with E-state index in [0.717, 1.165) is 0 Å². The number of hydrogen-bond donors (Lipinski definition) is 1. The summed E-state index contributed by atoms with van der Waals surface area (Å²) in [5.74, 6) is -1.66. The molecule has 2 heterocycles. The van der Waals surface area contributed by atoms with Crippen LogP contribution in [0, 0.1) is 0 Å². The van der Waals surface area contributed by atoms with Crippen molar-refractivity contribution in [2.45, 2.75) is 6.04 Å². The molecule has 0 saturated carbocycles. The van der Waals surface area contributed by atoms with Gasteiger partial charge in [-0.2, -0.15) is 0 Å². The Labute approximate surface area is 152 Å². The minimum atomic E-state index is -4.83. The van der Waals surface area contributed by atoms with Crippen molar-refractivity contribution in [1.82, 2.24) is 9.62 Å². The Kier molecular flexibility index (Phi) is 6.52. The quantitative estimate of drug-likeness (QED) is 0.188. The van der Waals surface area contributed by atoms with Crippen LogP contribution in [-0.4, -0.2) is 54.5 Å². The van der Waals surface area contributed by atoms with Gasteiger partial charge in [-0.05, 0) is 11.4 Å². The molecule has 12 heteroatoms. The fraction of sp³-hybridized carbons (Fsp3) is 0.300. The van der Waals surface area contributed by atoms with Crippen LogP contribution in [0.15, 0.2) is 22.7 Å². The molecule has 0 aliphatic carbocycles. The van der Waals surface area contributed by atoms with E-state index in [9.17, 15) is 22.6 Å². The first-order valence-electron chi connectivity index (χ1n) is 5.58. The van der Waals surface area contributed by atoms with Crippen molar-refractivity contribution in [2.75, 3.05) is 13.7 Å². The van der Waals surface area contributed by atoms with Crippen LogP contribution in [0.3, 0.4) is 0 Å². The number of carbonyl (C=O) groups excluding carboxylic acids is 2. The average molecular weight is 355 g/mol. The molecule has 1 atom stereocenters. The molecular weight excluding hydrogens is 345 g/mol. The molecule has 1 aliphatic rings. The van der Waals surface area contributed by atoms with E-state index in [1.54, 1.807) is 17.5 Å². The van der Waals surface area contributed by atoms with Crippen molar-refractivity contribution in [2.24, 2.45) is 5.16 Å². The topological polar surface area (TPSA) is 128 Å². The molecule has 0 aromatic carbocycles. The Morgan fingerprint density at radius 1 is 1.59 bits per heavy atom. The monoisotopic (exact) mass is 355 g/mol. The van der Waals surface area contributed by atoms with Gasteiger partial charge in [0.25, 0.3) is 11.8 Å². The summed E-state index contributed by atoms with van der Waals surface area (Å²) in [6.07, 6.45) is 0. The molecule has 1 aromatic rings. The van der Waals surface area contributed by atoms with Gasteiger partial charge in [-0.15, -0.1) is 11.3 Å². The van der Waals surface area contributed by atoms with Crippen molar-refractivity contribution in [3.63, 3.8) is 0 Å². The summed E-state index contributed by atoms with van der Waals surface area (Å²) in [5.41, 5.74) is -0.0382. The van der Waals surface area contributed by atoms with Crippen LogP contribution in [0.25, 0.3) is 0 Å². The van der Waals surface area contributed by atoms with Gasteiger partial charge in [-0.3, -0.25) is 9.59 Å². The van der Waals surface area contributed by atoms with Gasteiger partial charge < -0.3 is 14.7 Å². The number of carbonyl (C=O) groups is 2. The van der Waals surface area contributed by atoms with Gasteiger partial charge in [0, 0.05) is 0 Å². The van der Waals surface area contributed by atoms with E-state index >= 15 is 0 Å². The maximum Gasteiger partial charge on any atom is 1.00 e. The van der Waals surface area contributed by atoms with Crippen LogP contribution in [0.1, 0.15) is 4.88 Å². The SMILES string of the molecule is CON=C(C(=O)NC1CN(S(=O)(=O)[O-])C1=O)c1cccs1.[Na+]. The Balaban J connectivity index is 0.00000242. The van der Waals surface area contributed by atoms with Gasteiger partial charge >= 0.3 is 29.6 Å². The first-order chi connectivity index (χ1) is 9.84. The van der Waals surface area contributed by atoms with E-state index in [4.69, 9.17) is 0 Å². The molecule has 1 saturated heterocycles. The fourth-order valence-corrected chi connectivity index (χ4v) is 3.02. The van der Waals surface area contributed by atoms with E-state index in [1.807, 2.05) is 0 Å². The fourth-order valence-electron chi connectivity index (χ4n) is 1.63. The molecule has 0 spiro atoms. The molecule has 114 valence electrons. The Bertz CT molecular complexity index is 688. The van der Waals surface area contributed by atoms with E-state index in [-0.39, 0.29) is 46.1 Å². The van der Waals surface area contributed by atoms with Crippen LogP contribution in [0.2, 0.25) is 0 Å². The molecule has 9 nitrogen and oxygen atoms in total. The van der Waals surface area contributed by atoms with Crippen molar-refractivity contribution in [3.8, 4) is 0 Å². The first kappa shape index (κ1) is 19.1. The van der Waals surface area contributed by atoms with Gasteiger partial charge in [-0.25, -0.2) is 12.7 Å². The van der Waals surface area contributed by atoms with Gasteiger partial charge in [0.05, 0.1) is 11.4 Å². The third kappa shape index (κ3) is 4.06. The molecule has 0 bridgehead atoms. The van der Waals surface area contributed by atoms with Crippen LogP contribution < -0.4 is 34.9 Å². The summed E-state index contributed by atoms with van der Waals surface area (Å²) in [6, 6.07) is 2.28. The number of β-lactam (4-membered cyclic amide) rings is 1. The molecule has 0 radical (unpaired) electrons. The zero-order chi connectivity index (χ0) is 15.6. The van der Waals surface area contributed by atoms with Gasteiger partial charge in [-0.1, -0.05) is 11.2 Å². The maximum atomic E-state index is 12.0. The summed E-state index contributed by atoms with van der Waals surface area (Å²) < 4.78 is 32.2. The third-order valence-electron chi connectivity index (χ3n) is 2.62. The van der Waals surface area contributed by atoms with Crippen molar-refractivity contribution in [1.29, 1.82) is 0 Å². The molecule has 1 aliphatic heterocycles. The number of nitrogens with zero attached hydrogens (tertiary/aromatic N) is 2. The van der Waals surface area contributed by atoms with Gasteiger partial charge in [0.15, 0.2) is 16.0 Å². The van der Waals surface area contributed by atoms with Crippen molar-refractivity contribution in [3.05, 3.63) is 22.4 Å². The number of nitrogens with one attached hydrogen (secondary N) is 1. The first-order valence-corrected chi connectivity index (χ1v) is 7.82. The molecule has 22 heavy (non-hydrogen) atoms. The number of oxime groups is 1. The number of hydrogen-bond acceptors (Lipinski definition) is 8. The second-order valence-corrected chi connectivity index (χ2v) is 6.20. The largest absolute Gasteiger partial charge is 1.00 e. The molecule has 1 N–H and O–H groups in total. The summed E-state index contributed by atoms with van der Waals surface area (Å²) in [5, 5.41) is 7.61. The minimum absolute atomic E-state index is 0. The smallest absolute Gasteiger partial charge is 0.731 e. The van der Waals surface area contributed by atoms with Gasteiger partial charge in [0.1, 0.15) is 13.2 Å². The Morgan fingerprint density at radius 3 is 2.73 bits per heavy atom. The predicted molar refractivity (Wildman–Crippen MR) is 71.2 cm³/mol. The average Bonchev–Trinajstić information content (AvgIpc) is 2.91. The third-order valence-corrected chi connectivity index (χ3v) is 4.37. The van der Waals surface area contributed by atoms with Crippen LogP contribution in [-0.2, 0) is 24.7 Å². The normalized spacial score (nSPS) is 18.3. The Morgan fingerprint density at radius 2 is 2.27 bits per heavy atom. The second-order valence-electron chi connectivity index (χ2n) is 3.95. The van der Waals surface area contributed by atoms with Crippen LogP contribution in [0.5, 0.6) is 0 Å². The molecule has 1 unspecified atom stereocenters. The Hall–Kier alpha value is -0.980. The van der Waals surface area contributed by atoms with Crippen molar-refractivity contribution < 1.29 is 57.0 Å². The second kappa shape index (κ2) is 7.53. The maximum absolute atomic E-state index is 12.0. The van der Waals surface area contributed by atoms with Crippen LogP contribution >= 0.6 is 11.3 Å². The molecular formula is C10H10N3NaO6S2. The summed E-state index contributed by atoms with van der Waals surface area (Å²) in [6.45, 7) is -0.388. The van der Waals surface area contributed by atoms with Crippen LogP contribution in [0.4, 0.5) is 0 Å². The molecule has 2 amide bonds. The van der Waals surface area contributed by atoms with E-state index in [0.29, 0.717) is 4.88 Å². The zero-order valence-corrected chi connectivity index (χ0v) is 15.3. The molecule has 1 aromatic heterocycles.